The predicted octanol–water partition coefficient (Wildman–Crippen LogP) is 4.15. The number of aldehydes is 1. The predicted molar refractivity (Wildman–Crippen MR) is 78.4 cm³/mol. The average molecular weight is 263 g/mol. The van der Waals surface area contributed by atoms with E-state index in [0.717, 1.165) is 28.5 Å². The van der Waals surface area contributed by atoms with Crippen molar-refractivity contribution in [1.82, 2.24) is 4.98 Å². The molecule has 0 saturated heterocycles. The van der Waals surface area contributed by atoms with Crippen LogP contribution in [0.3, 0.4) is 0 Å². The molecule has 3 heteroatoms. The van der Waals surface area contributed by atoms with Gasteiger partial charge in [0.2, 0.25) is 0 Å². The second kappa shape index (κ2) is 5.13. The number of hydrogen-bond donors (Lipinski definition) is 0. The molecule has 0 N–H and O–H groups in total. The van der Waals surface area contributed by atoms with E-state index in [1.54, 1.807) is 24.4 Å². The summed E-state index contributed by atoms with van der Waals surface area (Å²) in [6.07, 6.45) is 2.58. The van der Waals surface area contributed by atoms with Crippen LogP contribution in [0.25, 0.3) is 10.9 Å². The van der Waals surface area contributed by atoms with Crippen LogP contribution in [0.5, 0.6) is 11.5 Å². The molecule has 3 nitrogen and oxygen atoms in total. The Morgan fingerprint density at radius 1 is 1.05 bits per heavy atom. The molecular weight excluding hydrogens is 250 g/mol. The van der Waals surface area contributed by atoms with E-state index in [2.05, 4.69) is 4.98 Å². The molecule has 0 unspecified atom stereocenters. The Balaban J connectivity index is 2.03. The number of benzene rings is 2. The molecule has 20 heavy (non-hydrogen) atoms. The number of hydrogen-bond acceptors (Lipinski definition) is 3. The molecule has 3 rings (SSSR count). The van der Waals surface area contributed by atoms with Gasteiger partial charge in [0.1, 0.15) is 17.6 Å². The minimum atomic E-state index is 0.644. The number of carbonyl (C=O) groups excluding carboxylic acids is 1. The van der Waals surface area contributed by atoms with E-state index in [1.165, 1.54) is 0 Å². The number of aromatic nitrogens is 1. The molecule has 0 saturated carbocycles. The Labute approximate surface area is 116 Å². The fraction of sp³-hybridized carbons (Fsp3) is 0.0588. The topological polar surface area (TPSA) is 39.2 Å². The highest BCUT2D eigenvalue weighted by molar-refractivity contribution is 5.84. The van der Waals surface area contributed by atoms with Crippen LogP contribution in [0.4, 0.5) is 0 Å². The van der Waals surface area contributed by atoms with Gasteiger partial charge in [-0.1, -0.05) is 18.2 Å². The van der Waals surface area contributed by atoms with Crippen molar-refractivity contribution >= 4 is 17.2 Å². The lowest BCUT2D eigenvalue weighted by Crippen LogP contribution is -1.91. The number of carbonyl (C=O) groups is 1. The molecule has 1 heterocycles. The number of aryl methyl sites for hydroxylation is 1. The summed E-state index contributed by atoms with van der Waals surface area (Å²) >= 11 is 0. The summed E-state index contributed by atoms with van der Waals surface area (Å²) in [7, 11) is 0. The summed E-state index contributed by atoms with van der Waals surface area (Å²) in [4.78, 5) is 15.1. The van der Waals surface area contributed by atoms with Crippen molar-refractivity contribution in [3.05, 3.63) is 65.9 Å². The monoisotopic (exact) mass is 263 g/mol. The molecule has 1 aromatic heterocycles. The molecule has 0 fully saturated rings. The number of ether oxygens (including phenoxy) is 1. The standard InChI is InChI=1S/C17H13NO2/c1-12-10-13(11-19)7-8-15(12)20-16-6-2-4-14-5-3-9-18-17(14)16/h2-11H,1H3. The molecule has 0 aliphatic rings. The van der Waals surface area contributed by atoms with Gasteiger partial charge >= 0.3 is 0 Å². The van der Waals surface area contributed by atoms with Gasteiger partial charge in [0.05, 0.1) is 0 Å². The van der Waals surface area contributed by atoms with Gasteiger partial charge in [-0.2, -0.15) is 0 Å². The first-order valence-corrected chi connectivity index (χ1v) is 6.35. The van der Waals surface area contributed by atoms with Crippen molar-refractivity contribution in [1.29, 1.82) is 0 Å². The summed E-state index contributed by atoms with van der Waals surface area (Å²) in [5.74, 6) is 1.44. The fourth-order valence-corrected chi connectivity index (χ4v) is 2.14. The molecule has 0 aliphatic carbocycles. The van der Waals surface area contributed by atoms with Gasteiger partial charge in [-0.3, -0.25) is 9.78 Å². The highest BCUT2D eigenvalue weighted by atomic mass is 16.5. The van der Waals surface area contributed by atoms with Gasteiger partial charge in [0.15, 0.2) is 5.75 Å². The Hall–Kier alpha value is -2.68. The Morgan fingerprint density at radius 2 is 1.90 bits per heavy atom. The van der Waals surface area contributed by atoms with E-state index in [-0.39, 0.29) is 0 Å². The number of nitrogens with zero attached hydrogens (tertiary/aromatic N) is 1. The zero-order valence-electron chi connectivity index (χ0n) is 11.0. The smallest absolute Gasteiger partial charge is 0.153 e. The third-order valence-corrected chi connectivity index (χ3v) is 3.15. The SMILES string of the molecule is Cc1cc(C=O)ccc1Oc1cccc2cccnc12. The van der Waals surface area contributed by atoms with Gasteiger partial charge < -0.3 is 4.74 Å². The zero-order chi connectivity index (χ0) is 13.9. The molecule has 98 valence electrons. The van der Waals surface area contributed by atoms with E-state index in [9.17, 15) is 4.79 Å². The lowest BCUT2D eigenvalue weighted by Gasteiger charge is -2.10. The van der Waals surface area contributed by atoms with E-state index in [4.69, 9.17) is 4.74 Å². The Kier molecular flexibility index (Phi) is 3.17. The molecule has 0 radical (unpaired) electrons. The van der Waals surface area contributed by atoms with Crippen LogP contribution in [0.1, 0.15) is 15.9 Å². The first kappa shape index (κ1) is 12.4. The van der Waals surface area contributed by atoms with Crippen molar-refractivity contribution in [3.63, 3.8) is 0 Å². The van der Waals surface area contributed by atoms with Crippen molar-refractivity contribution in [2.24, 2.45) is 0 Å². The first-order chi connectivity index (χ1) is 9.78. The number of fused-ring (bicyclic) bond motifs is 1. The summed E-state index contributed by atoms with van der Waals surface area (Å²) < 4.78 is 5.94. The van der Waals surface area contributed by atoms with Gasteiger partial charge in [-0.15, -0.1) is 0 Å². The van der Waals surface area contributed by atoms with E-state index >= 15 is 0 Å². The van der Waals surface area contributed by atoms with E-state index < -0.39 is 0 Å². The average Bonchev–Trinajstić information content (AvgIpc) is 2.49. The largest absolute Gasteiger partial charge is 0.455 e. The van der Waals surface area contributed by atoms with Crippen molar-refractivity contribution < 1.29 is 9.53 Å². The fourth-order valence-electron chi connectivity index (χ4n) is 2.14. The number of rotatable bonds is 3. The van der Waals surface area contributed by atoms with Gasteiger partial charge in [0.25, 0.3) is 0 Å². The van der Waals surface area contributed by atoms with Gasteiger partial charge in [-0.05, 0) is 42.8 Å². The molecule has 0 amide bonds. The highest BCUT2D eigenvalue weighted by Gasteiger charge is 2.06. The quantitative estimate of drug-likeness (QED) is 0.666. The zero-order valence-corrected chi connectivity index (χ0v) is 11.0. The lowest BCUT2D eigenvalue weighted by atomic mass is 10.1. The van der Waals surface area contributed by atoms with Gasteiger partial charge in [-0.25, -0.2) is 0 Å². The maximum absolute atomic E-state index is 10.8. The second-order valence-corrected chi connectivity index (χ2v) is 4.58. The van der Waals surface area contributed by atoms with Crippen LogP contribution in [-0.2, 0) is 0 Å². The highest BCUT2D eigenvalue weighted by Crippen LogP contribution is 2.30. The minimum Gasteiger partial charge on any atom is -0.455 e. The van der Waals surface area contributed by atoms with Crippen LogP contribution in [-0.4, -0.2) is 11.3 Å². The van der Waals surface area contributed by atoms with Crippen LogP contribution in [0.15, 0.2) is 54.7 Å². The maximum atomic E-state index is 10.8. The molecule has 0 bridgehead atoms. The van der Waals surface area contributed by atoms with Crippen LogP contribution in [0, 0.1) is 6.92 Å². The van der Waals surface area contributed by atoms with E-state index in [1.807, 2.05) is 37.3 Å². The Bertz CT molecular complexity index is 776. The van der Waals surface area contributed by atoms with Crippen LogP contribution in [0.2, 0.25) is 0 Å². The van der Waals surface area contributed by atoms with Crippen LogP contribution >= 0.6 is 0 Å². The lowest BCUT2D eigenvalue weighted by molar-refractivity contribution is 0.112. The number of para-hydroxylation sites is 1. The Morgan fingerprint density at radius 3 is 2.70 bits per heavy atom. The van der Waals surface area contributed by atoms with Crippen molar-refractivity contribution in [2.45, 2.75) is 6.92 Å². The maximum Gasteiger partial charge on any atom is 0.153 e. The molecule has 0 aliphatic heterocycles. The number of pyridine rings is 1. The second-order valence-electron chi connectivity index (χ2n) is 4.58. The molecule has 3 aromatic rings. The van der Waals surface area contributed by atoms with Crippen molar-refractivity contribution in [2.75, 3.05) is 0 Å². The third-order valence-electron chi connectivity index (χ3n) is 3.15. The molecular formula is C17H13NO2. The van der Waals surface area contributed by atoms with Crippen LogP contribution < -0.4 is 4.74 Å². The minimum absolute atomic E-state index is 0.644. The third kappa shape index (κ3) is 2.26. The summed E-state index contributed by atoms with van der Waals surface area (Å²) in [5.41, 5.74) is 2.39. The molecule has 0 atom stereocenters. The summed E-state index contributed by atoms with van der Waals surface area (Å²) in [5, 5.41) is 1.03. The summed E-state index contributed by atoms with van der Waals surface area (Å²) in [6.45, 7) is 1.92. The first-order valence-electron chi connectivity index (χ1n) is 6.35. The van der Waals surface area contributed by atoms with Crippen molar-refractivity contribution in [3.8, 4) is 11.5 Å². The van der Waals surface area contributed by atoms with Gasteiger partial charge in [0, 0.05) is 17.1 Å². The molecule has 2 aromatic carbocycles. The summed E-state index contributed by atoms with van der Waals surface area (Å²) in [6, 6.07) is 15.1. The van der Waals surface area contributed by atoms with E-state index in [0.29, 0.717) is 11.3 Å². The normalized spacial score (nSPS) is 10.4. The molecule has 0 spiro atoms.